The number of hydrogen-bond acceptors (Lipinski definition) is 3. The fraction of sp³-hybridized carbons (Fsp3) is 0.208. The summed E-state index contributed by atoms with van der Waals surface area (Å²) < 4.78 is 0. The van der Waals surface area contributed by atoms with Crippen LogP contribution in [0.1, 0.15) is 11.1 Å². The molecule has 1 saturated heterocycles. The van der Waals surface area contributed by atoms with Crippen molar-refractivity contribution in [2.45, 2.75) is 6.54 Å². The number of nitriles is 1. The Morgan fingerprint density at radius 2 is 1.36 bits per heavy atom. The van der Waals surface area contributed by atoms with E-state index < -0.39 is 0 Å². The summed E-state index contributed by atoms with van der Waals surface area (Å²) in [6.07, 6.45) is 0. The molecule has 3 nitrogen and oxygen atoms in total. The molecule has 3 aromatic carbocycles. The van der Waals surface area contributed by atoms with E-state index in [9.17, 15) is 0 Å². The first-order chi connectivity index (χ1) is 13.8. The van der Waals surface area contributed by atoms with E-state index in [1.807, 2.05) is 54.6 Å². The highest BCUT2D eigenvalue weighted by atomic mass is 35.5. The minimum Gasteiger partial charge on any atom is -0.368 e. The van der Waals surface area contributed by atoms with E-state index in [1.54, 1.807) is 6.07 Å². The Balaban J connectivity index is 0.000000320. The van der Waals surface area contributed by atoms with Crippen LogP contribution in [0.15, 0.2) is 84.9 Å². The van der Waals surface area contributed by atoms with Crippen molar-refractivity contribution < 1.29 is 0 Å². The zero-order valence-corrected chi connectivity index (χ0v) is 16.6. The van der Waals surface area contributed by atoms with Gasteiger partial charge in [0.15, 0.2) is 0 Å². The number of hydrogen-bond donors (Lipinski definition) is 0. The number of piperazine rings is 1. The van der Waals surface area contributed by atoms with Crippen LogP contribution in [0.4, 0.5) is 5.69 Å². The van der Waals surface area contributed by atoms with Crippen LogP contribution in [0, 0.1) is 11.3 Å². The largest absolute Gasteiger partial charge is 0.368 e. The van der Waals surface area contributed by atoms with Gasteiger partial charge < -0.3 is 4.90 Å². The highest BCUT2D eigenvalue weighted by Crippen LogP contribution is 2.27. The number of nitrogens with zero attached hydrogens (tertiary/aromatic N) is 3. The predicted octanol–water partition coefficient (Wildman–Crippen LogP) is 5.22. The molecule has 0 spiro atoms. The zero-order chi connectivity index (χ0) is 19.6. The molecule has 1 fully saturated rings. The third-order valence-corrected chi connectivity index (χ3v) is 5.01. The lowest BCUT2D eigenvalue weighted by atomic mass is 10.1. The Kier molecular flexibility index (Phi) is 7.49. The van der Waals surface area contributed by atoms with E-state index in [-0.39, 0.29) is 0 Å². The van der Waals surface area contributed by atoms with Gasteiger partial charge >= 0.3 is 0 Å². The third-order valence-electron chi connectivity index (χ3n) is 4.71. The molecule has 1 aliphatic heterocycles. The summed E-state index contributed by atoms with van der Waals surface area (Å²) in [7, 11) is 0. The van der Waals surface area contributed by atoms with Gasteiger partial charge in [-0.1, -0.05) is 78.3 Å². The van der Waals surface area contributed by atoms with Crippen molar-refractivity contribution in [1.82, 2.24) is 4.90 Å². The minimum atomic E-state index is 0.608. The average Bonchev–Trinajstić information content (AvgIpc) is 2.77. The summed E-state index contributed by atoms with van der Waals surface area (Å²) in [4.78, 5) is 4.76. The lowest BCUT2D eigenvalue weighted by Crippen LogP contribution is -2.46. The van der Waals surface area contributed by atoms with Crippen LogP contribution in [0.5, 0.6) is 0 Å². The molecule has 0 radical (unpaired) electrons. The summed E-state index contributed by atoms with van der Waals surface area (Å²) in [5.74, 6) is 0. The molecular weight excluding hydrogens is 366 g/mol. The zero-order valence-electron chi connectivity index (χ0n) is 15.8. The second kappa shape index (κ2) is 10.5. The molecule has 4 rings (SSSR count). The Labute approximate surface area is 172 Å². The van der Waals surface area contributed by atoms with Crippen molar-refractivity contribution in [3.63, 3.8) is 0 Å². The predicted molar refractivity (Wildman–Crippen MR) is 117 cm³/mol. The highest BCUT2D eigenvalue weighted by Gasteiger charge is 2.19. The summed E-state index contributed by atoms with van der Waals surface area (Å²) in [6.45, 7) is 4.95. The maximum Gasteiger partial charge on any atom is 0.0992 e. The summed E-state index contributed by atoms with van der Waals surface area (Å²) >= 11 is 6.30. The summed E-state index contributed by atoms with van der Waals surface area (Å²) in [6, 6.07) is 30.2. The number of anilines is 1. The van der Waals surface area contributed by atoms with Gasteiger partial charge in [0.05, 0.1) is 22.3 Å². The van der Waals surface area contributed by atoms with Crippen molar-refractivity contribution in [2.75, 3.05) is 31.1 Å². The van der Waals surface area contributed by atoms with Gasteiger partial charge in [-0.15, -0.1) is 0 Å². The molecule has 4 heteroatoms. The molecule has 0 bridgehead atoms. The Morgan fingerprint density at radius 1 is 0.786 bits per heavy atom. The first-order valence-electron chi connectivity index (χ1n) is 9.47. The van der Waals surface area contributed by atoms with Crippen molar-refractivity contribution in [2.24, 2.45) is 0 Å². The smallest absolute Gasteiger partial charge is 0.0992 e. The summed E-state index contributed by atoms with van der Waals surface area (Å²) in [5.41, 5.74) is 2.99. The van der Waals surface area contributed by atoms with Gasteiger partial charge in [0.1, 0.15) is 0 Å². The molecule has 1 heterocycles. The van der Waals surface area contributed by atoms with E-state index in [1.165, 1.54) is 5.56 Å². The van der Waals surface area contributed by atoms with E-state index in [4.69, 9.17) is 16.9 Å². The van der Waals surface area contributed by atoms with Gasteiger partial charge in [0, 0.05) is 32.7 Å². The molecular formula is C24H24ClN3. The summed E-state index contributed by atoms with van der Waals surface area (Å²) in [5, 5.41) is 9.57. The molecule has 0 unspecified atom stereocenters. The molecule has 3 aromatic rings. The third kappa shape index (κ3) is 5.85. The normalized spacial score (nSPS) is 13.9. The molecule has 1 aliphatic rings. The Bertz CT molecular complexity index is 856. The Hall–Kier alpha value is -2.80. The van der Waals surface area contributed by atoms with E-state index in [0.29, 0.717) is 10.6 Å². The SMILES string of the molecule is N#Cc1ccc(N2CCN(Cc3ccccc3)CC2)c(Cl)c1.c1ccccc1. The van der Waals surface area contributed by atoms with Gasteiger partial charge in [0.2, 0.25) is 0 Å². The lowest BCUT2D eigenvalue weighted by Gasteiger charge is -2.36. The van der Waals surface area contributed by atoms with Crippen LogP contribution < -0.4 is 4.90 Å². The van der Waals surface area contributed by atoms with Crippen molar-refractivity contribution in [3.8, 4) is 6.07 Å². The van der Waals surface area contributed by atoms with E-state index in [0.717, 1.165) is 38.4 Å². The number of rotatable bonds is 3. The van der Waals surface area contributed by atoms with E-state index >= 15 is 0 Å². The van der Waals surface area contributed by atoms with E-state index in [2.05, 4.69) is 40.1 Å². The van der Waals surface area contributed by atoms with Crippen LogP contribution in [-0.2, 0) is 6.54 Å². The highest BCUT2D eigenvalue weighted by molar-refractivity contribution is 6.33. The minimum absolute atomic E-state index is 0.608. The quantitative estimate of drug-likeness (QED) is 0.615. The molecule has 0 saturated carbocycles. The standard InChI is InChI=1S/C18H18ClN3.C6H6/c19-17-12-16(13-20)6-7-18(17)22-10-8-21(9-11-22)14-15-4-2-1-3-5-15;1-2-4-6-5-3-1/h1-7,12H,8-11,14H2;1-6H. The van der Waals surface area contributed by atoms with Crippen molar-refractivity contribution in [1.29, 1.82) is 5.26 Å². The van der Waals surface area contributed by atoms with Crippen LogP contribution in [0.2, 0.25) is 5.02 Å². The number of benzene rings is 3. The molecule has 0 aliphatic carbocycles. The van der Waals surface area contributed by atoms with Gasteiger partial charge in [-0.05, 0) is 23.8 Å². The first kappa shape index (κ1) is 19.9. The van der Waals surface area contributed by atoms with Crippen LogP contribution in [0.3, 0.4) is 0 Å². The van der Waals surface area contributed by atoms with Gasteiger partial charge in [0.25, 0.3) is 0 Å². The van der Waals surface area contributed by atoms with Crippen molar-refractivity contribution in [3.05, 3.63) is 101 Å². The van der Waals surface area contributed by atoms with Gasteiger partial charge in [-0.2, -0.15) is 5.26 Å². The second-order valence-electron chi connectivity index (χ2n) is 6.68. The lowest BCUT2D eigenvalue weighted by molar-refractivity contribution is 0.250. The van der Waals surface area contributed by atoms with Gasteiger partial charge in [-0.3, -0.25) is 4.90 Å². The fourth-order valence-electron chi connectivity index (χ4n) is 3.21. The molecule has 0 N–H and O–H groups in total. The Morgan fingerprint density at radius 3 is 1.89 bits per heavy atom. The fourth-order valence-corrected chi connectivity index (χ4v) is 3.51. The van der Waals surface area contributed by atoms with Gasteiger partial charge in [-0.25, -0.2) is 0 Å². The maximum atomic E-state index is 8.91. The average molecular weight is 390 g/mol. The van der Waals surface area contributed by atoms with Crippen LogP contribution in [0.25, 0.3) is 0 Å². The van der Waals surface area contributed by atoms with Crippen LogP contribution >= 0.6 is 11.6 Å². The maximum absolute atomic E-state index is 8.91. The van der Waals surface area contributed by atoms with Crippen molar-refractivity contribution >= 4 is 17.3 Å². The molecule has 28 heavy (non-hydrogen) atoms. The second-order valence-corrected chi connectivity index (χ2v) is 7.09. The molecule has 0 atom stereocenters. The molecule has 142 valence electrons. The molecule has 0 amide bonds. The molecule has 0 aromatic heterocycles. The van der Waals surface area contributed by atoms with Crippen LogP contribution in [-0.4, -0.2) is 31.1 Å². The first-order valence-corrected chi connectivity index (χ1v) is 9.85. The topological polar surface area (TPSA) is 30.3 Å². The monoisotopic (exact) mass is 389 g/mol. The number of halogens is 1.